The molecule has 0 spiro atoms. The molecule has 2 aliphatic heterocycles. The van der Waals surface area contributed by atoms with Gasteiger partial charge in [-0.05, 0) is 25.7 Å². The zero-order valence-corrected chi connectivity index (χ0v) is 15.6. The summed E-state index contributed by atoms with van der Waals surface area (Å²) in [4.78, 5) is 14.7. The first-order valence-corrected chi connectivity index (χ1v) is 9.89. The van der Waals surface area contributed by atoms with Gasteiger partial charge in [-0.25, -0.2) is 4.98 Å². The highest BCUT2D eigenvalue weighted by atomic mass is 16.5. The van der Waals surface area contributed by atoms with Gasteiger partial charge in [0.15, 0.2) is 0 Å². The Morgan fingerprint density at radius 2 is 1.85 bits per heavy atom. The number of hydrogen-bond acceptors (Lipinski definition) is 5. The van der Waals surface area contributed by atoms with Crippen LogP contribution in [0.4, 0.5) is 11.8 Å². The van der Waals surface area contributed by atoms with Gasteiger partial charge in [-0.3, -0.25) is 0 Å². The van der Waals surface area contributed by atoms with E-state index < -0.39 is 0 Å². The average molecular weight is 352 g/mol. The van der Waals surface area contributed by atoms with Gasteiger partial charge in [0.25, 0.3) is 0 Å². The first-order valence-electron chi connectivity index (χ1n) is 9.89. The van der Waals surface area contributed by atoms with Crippen LogP contribution in [0.25, 0.3) is 11.3 Å². The summed E-state index contributed by atoms with van der Waals surface area (Å²) < 4.78 is 5.52. The Labute approximate surface area is 156 Å². The van der Waals surface area contributed by atoms with Crippen LogP contribution in [0.2, 0.25) is 0 Å². The van der Waals surface area contributed by atoms with Crippen LogP contribution in [-0.4, -0.2) is 48.9 Å². The van der Waals surface area contributed by atoms with Crippen LogP contribution in [0, 0.1) is 0 Å². The van der Waals surface area contributed by atoms with Gasteiger partial charge in [-0.1, -0.05) is 37.3 Å². The molecule has 3 heterocycles. The SMILES string of the molecule is CCC1CCCCN1c1nc(-c2ccccc2)cc(N2CCOCC2)n1. The molecule has 0 bridgehead atoms. The molecule has 138 valence electrons. The number of ether oxygens (including phenoxy) is 1. The lowest BCUT2D eigenvalue weighted by molar-refractivity contribution is 0.122. The van der Waals surface area contributed by atoms with Crippen LogP contribution >= 0.6 is 0 Å². The number of aromatic nitrogens is 2. The van der Waals surface area contributed by atoms with Crippen molar-refractivity contribution in [2.24, 2.45) is 0 Å². The van der Waals surface area contributed by atoms with Crippen LogP contribution in [0.3, 0.4) is 0 Å². The molecule has 1 aromatic carbocycles. The Kier molecular flexibility index (Phi) is 5.34. The van der Waals surface area contributed by atoms with Crippen molar-refractivity contribution in [3.63, 3.8) is 0 Å². The molecule has 0 amide bonds. The van der Waals surface area contributed by atoms with Crippen LogP contribution in [0.1, 0.15) is 32.6 Å². The number of nitrogens with zero attached hydrogens (tertiary/aromatic N) is 4. The second kappa shape index (κ2) is 8.04. The monoisotopic (exact) mass is 352 g/mol. The van der Waals surface area contributed by atoms with E-state index in [2.05, 4.69) is 47.1 Å². The zero-order valence-electron chi connectivity index (χ0n) is 15.6. The molecule has 1 aromatic heterocycles. The van der Waals surface area contributed by atoms with E-state index in [4.69, 9.17) is 14.7 Å². The predicted octanol–water partition coefficient (Wildman–Crippen LogP) is 3.75. The van der Waals surface area contributed by atoms with Crippen molar-refractivity contribution in [3.05, 3.63) is 36.4 Å². The molecule has 4 rings (SSSR count). The zero-order chi connectivity index (χ0) is 17.8. The van der Waals surface area contributed by atoms with Crippen molar-refractivity contribution in [2.45, 2.75) is 38.6 Å². The molecule has 0 radical (unpaired) electrons. The number of hydrogen-bond donors (Lipinski definition) is 0. The molecule has 0 saturated carbocycles. The van der Waals surface area contributed by atoms with E-state index in [9.17, 15) is 0 Å². The maximum atomic E-state index is 5.52. The van der Waals surface area contributed by atoms with Crippen LogP contribution in [-0.2, 0) is 4.74 Å². The molecule has 1 unspecified atom stereocenters. The summed E-state index contributed by atoms with van der Waals surface area (Å²) in [5.41, 5.74) is 2.16. The summed E-state index contributed by atoms with van der Waals surface area (Å²) >= 11 is 0. The van der Waals surface area contributed by atoms with Crippen LogP contribution < -0.4 is 9.80 Å². The molecule has 0 N–H and O–H groups in total. The van der Waals surface area contributed by atoms with E-state index in [1.165, 1.54) is 19.3 Å². The van der Waals surface area contributed by atoms with Gasteiger partial charge >= 0.3 is 0 Å². The number of morpholine rings is 1. The van der Waals surface area contributed by atoms with E-state index in [0.717, 1.165) is 62.3 Å². The lowest BCUT2D eigenvalue weighted by atomic mass is 10.0. The Bertz CT molecular complexity index is 715. The van der Waals surface area contributed by atoms with Gasteiger partial charge in [0.1, 0.15) is 5.82 Å². The van der Waals surface area contributed by atoms with E-state index in [0.29, 0.717) is 6.04 Å². The standard InChI is InChI=1S/C21H28N4O/c1-2-18-10-6-7-11-25(18)21-22-19(17-8-4-3-5-9-17)16-20(23-21)24-12-14-26-15-13-24/h3-5,8-9,16,18H,2,6-7,10-15H2,1H3. The minimum Gasteiger partial charge on any atom is -0.378 e. The Hall–Kier alpha value is -2.14. The largest absolute Gasteiger partial charge is 0.378 e. The van der Waals surface area contributed by atoms with Gasteiger partial charge in [0, 0.05) is 37.3 Å². The highest BCUT2D eigenvalue weighted by molar-refractivity contribution is 5.65. The molecule has 0 aliphatic carbocycles. The highest BCUT2D eigenvalue weighted by Crippen LogP contribution is 2.29. The molecular weight excluding hydrogens is 324 g/mol. The maximum Gasteiger partial charge on any atom is 0.228 e. The third kappa shape index (κ3) is 3.68. The Morgan fingerprint density at radius 1 is 1.04 bits per heavy atom. The topological polar surface area (TPSA) is 41.5 Å². The van der Waals surface area contributed by atoms with Crippen molar-refractivity contribution in [2.75, 3.05) is 42.6 Å². The number of anilines is 2. The van der Waals surface area contributed by atoms with Crippen LogP contribution in [0.5, 0.6) is 0 Å². The van der Waals surface area contributed by atoms with Gasteiger partial charge < -0.3 is 14.5 Å². The van der Waals surface area contributed by atoms with Crippen molar-refractivity contribution in [1.82, 2.24) is 9.97 Å². The summed E-state index contributed by atoms with van der Waals surface area (Å²) in [6, 6.07) is 13.1. The summed E-state index contributed by atoms with van der Waals surface area (Å²) in [6.07, 6.45) is 4.92. The first-order chi connectivity index (χ1) is 12.8. The van der Waals surface area contributed by atoms with Gasteiger partial charge in [0.05, 0.1) is 18.9 Å². The summed E-state index contributed by atoms with van der Waals surface area (Å²) in [5, 5.41) is 0. The smallest absolute Gasteiger partial charge is 0.228 e. The molecule has 2 aromatic rings. The summed E-state index contributed by atoms with van der Waals surface area (Å²) in [5.74, 6) is 1.91. The minimum absolute atomic E-state index is 0.548. The fourth-order valence-electron chi connectivity index (χ4n) is 3.95. The number of benzene rings is 1. The molecular formula is C21H28N4O. The Balaban J connectivity index is 1.74. The maximum absolute atomic E-state index is 5.52. The van der Waals surface area contributed by atoms with Crippen molar-refractivity contribution in [3.8, 4) is 11.3 Å². The third-order valence-electron chi connectivity index (χ3n) is 5.46. The third-order valence-corrected chi connectivity index (χ3v) is 5.46. The molecule has 1 atom stereocenters. The van der Waals surface area contributed by atoms with E-state index in [1.54, 1.807) is 0 Å². The van der Waals surface area contributed by atoms with Crippen molar-refractivity contribution >= 4 is 11.8 Å². The fourth-order valence-corrected chi connectivity index (χ4v) is 3.95. The van der Waals surface area contributed by atoms with E-state index in [1.807, 2.05) is 6.07 Å². The molecule has 5 nitrogen and oxygen atoms in total. The normalized spacial score (nSPS) is 21.0. The highest BCUT2D eigenvalue weighted by Gasteiger charge is 2.25. The molecule has 2 saturated heterocycles. The number of piperidine rings is 1. The molecule has 26 heavy (non-hydrogen) atoms. The van der Waals surface area contributed by atoms with E-state index in [-0.39, 0.29) is 0 Å². The lowest BCUT2D eigenvalue weighted by Gasteiger charge is -2.36. The number of rotatable bonds is 4. The van der Waals surface area contributed by atoms with Gasteiger partial charge in [-0.15, -0.1) is 0 Å². The molecule has 2 fully saturated rings. The lowest BCUT2D eigenvalue weighted by Crippen LogP contribution is -2.41. The van der Waals surface area contributed by atoms with Crippen LogP contribution in [0.15, 0.2) is 36.4 Å². The second-order valence-corrected chi connectivity index (χ2v) is 7.13. The first kappa shape index (κ1) is 17.3. The molecule has 2 aliphatic rings. The quantitative estimate of drug-likeness (QED) is 0.838. The molecule has 5 heteroatoms. The minimum atomic E-state index is 0.548. The van der Waals surface area contributed by atoms with Gasteiger partial charge in [0.2, 0.25) is 5.95 Å². The second-order valence-electron chi connectivity index (χ2n) is 7.13. The Morgan fingerprint density at radius 3 is 2.62 bits per heavy atom. The van der Waals surface area contributed by atoms with Crippen molar-refractivity contribution in [1.29, 1.82) is 0 Å². The summed E-state index contributed by atoms with van der Waals surface area (Å²) in [6.45, 7) is 6.64. The van der Waals surface area contributed by atoms with Crippen molar-refractivity contribution < 1.29 is 4.74 Å². The van der Waals surface area contributed by atoms with E-state index >= 15 is 0 Å². The average Bonchev–Trinajstić information content (AvgIpc) is 2.74. The fraction of sp³-hybridized carbons (Fsp3) is 0.524. The predicted molar refractivity (Wildman–Crippen MR) is 106 cm³/mol. The van der Waals surface area contributed by atoms with Gasteiger partial charge in [-0.2, -0.15) is 4.98 Å². The summed E-state index contributed by atoms with van der Waals surface area (Å²) in [7, 11) is 0.